The fourth-order valence-electron chi connectivity index (χ4n) is 4.16. The Labute approximate surface area is 154 Å². The van der Waals surface area contributed by atoms with E-state index in [0.717, 1.165) is 5.69 Å². The maximum absolute atomic E-state index is 13.5. The molecular formula is C17H22F2N4O4. The lowest BCUT2D eigenvalue weighted by Gasteiger charge is -2.45. The van der Waals surface area contributed by atoms with Crippen LogP contribution in [0.3, 0.4) is 0 Å². The number of ether oxygens (including phenoxy) is 2. The van der Waals surface area contributed by atoms with Gasteiger partial charge in [0.1, 0.15) is 5.69 Å². The summed E-state index contributed by atoms with van der Waals surface area (Å²) in [6, 6.07) is 1.61. The summed E-state index contributed by atoms with van der Waals surface area (Å²) in [6.45, 7) is 1.54. The van der Waals surface area contributed by atoms with Crippen molar-refractivity contribution in [1.82, 2.24) is 14.7 Å². The number of carbonyl (C=O) groups excluding carboxylic acids is 2. The number of rotatable bonds is 3. The molecule has 3 aliphatic heterocycles. The number of halogens is 2. The number of piperidine rings is 1. The predicted octanol–water partition coefficient (Wildman–Crippen LogP) is 0.688. The number of nitrogens with two attached hydrogens (primary N) is 1. The molecule has 148 valence electrons. The molecule has 4 rings (SSSR count). The Bertz CT molecular complexity index is 752. The molecule has 27 heavy (non-hydrogen) atoms. The van der Waals surface area contributed by atoms with Crippen LogP contribution in [0.5, 0.6) is 0 Å². The van der Waals surface area contributed by atoms with E-state index in [1.54, 1.807) is 10.7 Å². The molecule has 2 amide bonds. The van der Waals surface area contributed by atoms with Gasteiger partial charge in [-0.3, -0.25) is 14.3 Å². The van der Waals surface area contributed by atoms with E-state index in [1.807, 2.05) is 0 Å². The Morgan fingerprint density at radius 3 is 2.56 bits per heavy atom. The predicted molar refractivity (Wildman–Crippen MR) is 88.0 cm³/mol. The first-order valence-electron chi connectivity index (χ1n) is 9.07. The smallest absolute Gasteiger partial charge is 0.276 e. The molecule has 0 saturated carbocycles. The summed E-state index contributed by atoms with van der Waals surface area (Å²) >= 11 is 0. The molecule has 10 heteroatoms. The minimum atomic E-state index is -2.84. The molecule has 0 bridgehead atoms. The second-order valence-corrected chi connectivity index (χ2v) is 7.45. The van der Waals surface area contributed by atoms with Crippen molar-refractivity contribution in [2.75, 3.05) is 19.7 Å². The number of hydrogen-bond acceptors (Lipinski definition) is 5. The summed E-state index contributed by atoms with van der Waals surface area (Å²) in [4.78, 5) is 25.5. The van der Waals surface area contributed by atoms with Crippen LogP contribution in [0.4, 0.5) is 8.78 Å². The van der Waals surface area contributed by atoms with Crippen molar-refractivity contribution in [3.05, 3.63) is 17.5 Å². The van der Waals surface area contributed by atoms with E-state index >= 15 is 0 Å². The molecule has 2 N–H and O–H groups in total. The van der Waals surface area contributed by atoms with Gasteiger partial charge < -0.3 is 20.1 Å². The van der Waals surface area contributed by atoms with Gasteiger partial charge in [-0.05, 0) is 31.7 Å². The molecule has 0 aliphatic carbocycles. The van der Waals surface area contributed by atoms with Crippen molar-refractivity contribution < 1.29 is 27.8 Å². The molecular weight excluding hydrogens is 362 g/mol. The number of aromatic nitrogens is 2. The minimum Gasteiger partial charge on any atom is -0.367 e. The van der Waals surface area contributed by atoms with Gasteiger partial charge in [0, 0.05) is 19.7 Å². The second-order valence-electron chi connectivity index (χ2n) is 7.45. The van der Waals surface area contributed by atoms with Crippen molar-refractivity contribution in [2.24, 2.45) is 5.73 Å². The van der Waals surface area contributed by atoms with Gasteiger partial charge in [0.25, 0.3) is 18.2 Å². The number of carbonyl (C=O) groups is 2. The first-order valence-corrected chi connectivity index (χ1v) is 9.07. The van der Waals surface area contributed by atoms with Gasteiger partial charge >= 0.3 is 0 Å². The van der Waals surface area contributed by atoms with Crippen LogP contribution in [0.1, 0.15) is 41.9 Å². The standard InChI is InChI=1S/C17H22F2N4O4/c18-14(19)17(2-1-7-26-17)15(25)22-5-3-16(4-6-22)10-23-11(9-27-16)8-12(21-23)13(20)24/h8,14H,1-7,9-10H2,(H2,20,24). The van der Waals surface area contributed by atoms with Crippen LogP contribution in [-0.4, -0.2) is 63.8 Å². The number of alkyl halides is 2. The summed E-state index contributed by atoms with van der Waals surface area (Å²) in [5.74, 6) is -1.23. The van der Waals surface area contributed by atoms with Gasteiger partial charge in [-0.1, -0.05) is 0 Å². The first kappa shape index (κ1) is 18.3. The molecule has 1 aromatic heterocycles. The van der Waals surface area contributed by atoms with Gasteiger partial charge in [0.15, 0.2) is 0 Å². The molecule has 0 aromatic carbocycles. The Kier molecular flexibility index (Phi) is 4.42. The zero-order valence-corrected chi connectivity index (χ0v) is 14.8. The van der Waals surface area contributed by atoms with Crippen LogP contribution in [0, 0.1) is 0 Å². The van der Waals surface area contributed by atoms with E-state index in [9.17, 15) is 18.4 Å². The number of likely N-dealkylation sites (tertiary alicyclic amines) is 1. The highest BCUT2D eigenvalue weighted by molar-refractivity contribution is 5.90. The van der Waals surface area contributed by atoms with Crippen molar-refractivity contribution in [3.8, 4) is 0 Å². The zero-order chi connectivity index (χ0) is 19.2. The highest BCUT2D eigenvalue weighted by Crippen LogP contribution is 2.37. The fourth-order valence-corrected chi connectivity index (χ4v) is 4.16. The highest BCUT2D eigenvalue weighted by atomic mass is 19.3. The lowest BCUT2D eigenvalue weighted by Crippen LogP contribution is -2.58. The van der Waals surface area contributed by atoms with E-state index < -0.39 is 29.4 Å². The minimum absolute atomic E-state index is 0.0498. The van der Waals surface area contributed by atoms with E-state index in [-0.39, 0.29) is 25.3 Å². The summed E-state index contributed by atoms with van der Waals surface area (Å²) < 4.78 is 40.0. The third kappa shape index (κ3) is 3.00. The Morgan fingerprint density at radius 1 is 1.22 bits per heavy atom. The Balaban J connectivity index is 1.44. The van der Waals surface area contributed by atoms with Gasteiger partial charge in [0.2, 0.25) is 5.60 Å². The maximum Gasteiger partial charge on any atom is 0.276 e. The van der Waals surface area contributed by atoms with E-state index in [1.165, 1.54) is 4.90 Å². The molecule has 1 spiro atoms. The molecule has 2 fully saturated rings. The first-order chi connectivity index (χ1) is 12.9. The second kappa shape index (κ2) is 6.52. The normalized spacial score (nSPS) is 27.1. The third-order valence-electron chi connectivity index (χ3n) is 5.81. The average molecular weight is 384 g/mol. The maximum atomic E-state index is 13.5. The molecule has 0 radical (unpaired) electrons. The average Bonchev–Trinajstić information content (AvgIpc) is 3.29. The van der Waals surface area contributed by atoms with Crippen molar-refractivity contribution in [3.63, 3.8) is 0 Å². The molecule has 1 aromatic rings. The molecule has 1 atom stereocenters. The fraction of sp³-hybridized carbons (Fsp3) is 0.706. The topological polar surface area (TPSA) is 99.7 Å². The van der Waals surface area contributed by atoms with Crippen LogP contribution in [0.25, 0.3) is 0 Å². The molecule has 1 unspecified atom stereocenters. The monoisotopic (exact) mass is 384 g/mol. The molecule has 3 aliphatic rings. The Morgan fingerprint density at radius 2 is 1.96 bits per heavy atom. The van der Waals surface area contributed by atoms with Crippen molar-refractivity contribution in [2.45, 2.75) is 56.5 Å². The largest absolute Gasteiger partial charge is 0.367 e. The summed E-state index contributed by atoms with van der Waals surface area (Å²) in [5.41, 5.74) is 3.70. The van der Waals surface area contributed by atoms with Crippen LogP contribution >= 0.6 is 0 Å². The third-order valence-corrected chi connectivity index (χ3v) is 5.81. The van der Waals surface area contributed by atoms with Crippen molar-refractivity contribution >= 4 is 11.8 Å². The van der Waals surface area contributed by atoms with Gasteiger partial charge in [-0.25, -0.2) is 8.78 Å². The highest BCUT2D eigenvalue weighted by Gasteiger charge is 2.54. The molecule has 8 nitrogen and oxygen atoms in total. The lowest BCUT2D eigenvalue weighted by atomic mass is 9.88. The summed E-state index contributed by atoms with van der Waals surface area (Å²) in [6.07, 6.45) is -1.32. The number of hydrogen-bond donors (Lipinski definition) is 1. The number of primary amides is 1. The quantitative estimate of drug-likeness (QED) is 0.827. The van der Waals surface area contributed by atoms with Crippen molar-refractivity contribution in [1.29, 1.82) is 0 Å². The zero-order valence-electron chi connectivity index (χ0n) is 14.8. The van der Waals surface area contributed by atoms with Gasteiger partial charge in [-0.2, -0.15) is 5.10 Å². The van der Waals surface area contributed by atoms with Crippen LogP contribution in [-0.2, 0) is 27.4 Å². The van der Waals surface area contributed by atoms with Crippen LogP contribution < -0.4 is 5.73 Å². The molecule has 2 saturated heterocycles. The molecule has 4 heterocycles. The van der Waals surface area contributed by atoms with Gasteiger partial charge in [0.05, 0.1) is 24.4 Å². The van der Waals surface area contributed by atoms with E-state index in [4.69, 9.17) is 15.2 Å². The van der Waals surface area contributed by atoms with Crippen LogP contribution in [0.15, 0.2) is 6.07 Å². The van der Waals surface area contributed by atoms with Gasteiger partial charge in [-0.15, -0.1) is 0 Å². The number of nitrogens with zero attached hydrogens (tertiary/aromatic N) is 3. The van der Waals surface area contributed by atoms with Crippen LogP contribution in [0.2, 0.25) is 0 Å². The summed E-state index contributed by atoms with van der Waals surface area (Å²) in [5, 5.41) is 4.21. The lowest BCUT2D eigenvalue weighted by molar-refractivity contribution is -0.179. The van der Waals surface area contributed by atoms with E-state index in [2.05, 4.69) is 5.10 Å². The Hall–Kier alpha value is -2.07. The van der Waals surface area contributed by atoms with E-state index in [0.29, 0.717) is 38.9 Å². The SMILES string of the molecule is NC(=O)c1cc2n(n1)CC1(CCN(C(=O)C3(C(F)F)CCCO3)CC1)OC2. The number of fused-ring (bicyclic) bond motifs is 1. The summed E-state index contributed by atoms with van der Waals surface area (Å²) in [7, 11) is 0. The number of amides is 2.